The van der Waals surface area contributed by atoms with Crippen LogP contribution in [0.25, 0.3) is 0 Å². The van der Waals surface area contributed by atoms with Crippen molar-refractivity contribution in [2.24, 2.45) is 0 Å². The van der Waals surface area contributed by atoms with Gasteiger partial charge in [-0.25, -0.2) is 4.79 Å². The number of terminal acetylenes is 1. The summed E-state index contributed by atoms with van der Waals surface area (Å²) in [6, 6.07) is 9.10. The van der Waals surface area contributed by atoms with E-state index >= 15 is 0 Å². The number of amides is 2. The van der Waals surface area contributed by atoms with Gasteiger partial charge in [0.2, 0.25) is 0 Å². The average molecular weight is 342 g/mol. The predicted octanol–water partition coefficient (Wildman–Crippen LogP) is 3.37. The molecule has 0 spiro atoms. The number of hydrogen-bond acceptors (Lipinski definition) is 4. The SMILES string of the molecule is C#CCOc1ccccc1NC(=O)N1CCO[C@@H](c2ccsc2)C1. The minimum atomic E-state index is -0.171. The van der Waals surface area contributed by atoms with Gasteiger partial charge in [0.15, 0.2) is 0 Å². The van der Waals surface area contributed by atoms with Crippen molar-refractivity contribution in [3.8, 4) is 18.1 Å². The first-order valence-electron chi connectivity index (χ1n) is 7.63. The molecule has 1 fully saturated rings. The molecule has 0 bridgehead atoms. The first-order chi connectivity index (χ1) is 11.8. The second-order valence-corrected chi connectivity index (χ2v) is 6.06. The van der Waals surface area contributed by atoms with Gasteiger partial charge in [0, 0.05) is 6.54 Å². The topological polar surface area (TPSA) is 50.8 Å². The van der Waals surface area contributed by atoms with Gasteiger partial charge in [0.05, 0.1) is 18.8 Å². The average Bonchev–Trinajstić information content (AvgIpc) is 3.16. The zero-order valence-corrected chi connectivity index (χ0v) is 13.9. The summed E-state index contributed by atoms with van der Waals surface area (Å²) in [5.74, 6) is 2.98. The second-order valence-electron chi connectivity index (χ2n) is 5.28. The highest BCUT2D eigenvalue weighted by Crippen LogP contribution is 2.27. The second kappa shape index (κ2) is 7.86. The molecule has 124 valence electrons. The molecular weight excluding hydrogens is 324 g/mol. The van der Waals surface area contributed by atoms with E-state index in [0.29, 0.717) is 31.1 Å². The molecule has 2 aromatic rings. The van der Waals surface area contributed by atoms with Crippen LogP contribution in [0.2, 0.25) is 0 Å². The Hall–Kier alpha value is -2.49. The molecule has 1 aromatic heterocycles. The largest absolute Gasteiger partial charge is 0.479 e. The molecule has 1 atom stereocenters. The maximum absolute atomic E-state index is 12.6. The van der Waals surface area contributed by atoms with E-state index < -0.39 is 0 Å². The quantitative estimate of drug-likeness (QED) is 0.867. The summed E-state index contributed by atoms with van der Waals surface area (Å²) < 4.78 is 11.2. The van der Waals surface area contributed by atoms with Gasteiger partial charge in [-0.2, -0.15) is 11.3 Å². The van der Waals surface area contributed by atoms with Crippen LogP contribution in [0.5, 0.6) is 5.75 Å². The van der Waals surface area contributed by atoms with E-state index in [2.05, 4.69) is 16.6 Å². The highest BCUT2D eigenvalue weighted by atomic mass is 32.1. The molecule has 0 saturated carbocycles. The van der Waals surface area contributed by atoms with E-state index in [4.69, 9.17) is 15.9 Å². The maximum atomic E-state index is 12.6. The molecule has 1 aliphatic rings. The molecule has 0 aliphatic carbocycles. The number of nitrogens with one attached hydrogen (secondary N) is 1. The summed E-state index contributed by atoms with van der Waals surface area (Å²) in [5.41, 5.74) is 1.71. The smallest absolute Gasteiger partial charge is 0.322 e. The summed E-state index contributed by atoms with van der Waals surface area (Å²) in [6.07, 6.45) is 5.14. The van der Waals surface area contributed by atoms with Crippen LogP contribution in [-0.2, 0) is 4.74 Å². The van der Waals surface area contributed by atoms with Crippen molar-refractivity contribution in [1.29, 1.82) is 0 Å². The van der Waals surface area contributed by atoms with E-state index in [9.17, 15) is 4.79 Å². The zero-order chi connectivity index (χ0) is 16.8. The zero-order valence-electron chi connectivity index (χ0n) is 13.1. The summed E-state index contributed by atoms with van der Waals surface area (Å²) in [7, 11) is 0. The Morgan fingerprint density at radius 3 is 3.12 bits per heavy atom. The van der Waals surface area contributed by atoms with Crippen LogP contribution in [-0.4, -0.2) is 37.2 Å². The van der Waals surface area contributed by atoms with Crippen LogP contribution < -0.4 is 10.1 Å². The van der Waals surface area contributed by atoms with Gasteiger partial charge in [0.1, 0.15) is 18.5 Å². The lowest BCUT2D eigenvalue weighted by Crippen LogP contribution is -2.44. The molecular formula is C18H18N2O3S. The molecule has 1 aliphatic heterocycles. The monoisotopic (exact) mass is 342 g/mol. The number of urea groups is 1. The van der Waals surface area contributed by atoms with Crippen LogP contribution in [0.15, 0.2) is 41.1 Å². The minimum absolute atomic E-state index is 0.0799. The Balaban J connectivity index is 1.66. The fourth-order valence-corrected chi connectivity index (χ4v) is 3.20. The number of hydrogen-bond donors (Lipinski definition) is 1. The van der Waals surface area contributed by atoms with E-state index in [0.717, 1.165) is 5.56 Å². The molecule has 0 radical (unpaired) electrons. The Bertz CT molecular complexity index is 724. The number of benzene rings is 1. The first kappa shape index (κ1) is 16.4. The van der Waals surface area contributed by atoms with Crippen molar-refractivity contribution in [1.82, 2.24) is 4.90 Å². The van der Waals surface area contributed by atoms with Gasteiger partial charge < -0.3 is 19.7 Å². The number of carbonyl (C=O) groups is 1. The number of anilines is 1. The van der Waals surface area contributed by atoms with E-state index in [1.165, 1.54) is 0 Å². The van der Waals surface area contributed by atoms with Gasteiger partial charge in [-0.3, -0.25) is 0 Å². The van der Waals surface area contributed by atoms with E-state index in [1.54, 1.807) is 28.4 Å². The number of thiophene rings is 1. The van der Waals surface area contributed by atoms with Crippen molar-refractivity contribution in [2.45, 2.75) is 6.10 Å². The molecule has 2 heterocycles. The van der Waals surface area contributed by atoms with Crippen molar-refractivity contribution >= 4 is 23.1 Å². The van der Waals surface area contributed by atoms with E-state index in [-0.39, 0.29) is 18.7 Å². The van der Waals surface area contributed by atoms with Gasteiger partial charge in [-0.1, -0.05) is 18.1 Å². The molecule has 1 saturated heterocycles. The van der Waals surface area contributed by atoms with Crippen LogP contribution in [0, 0.1) is 12.3 Å². The molecule has 3 rings (SSSR count). The third kappa shape index (κ3) is 3.88. The fourth-order valence-electron chi connectivity index (χ4n) is 2.50. The Morgan fingerprint density at radius 1 is 1.46 bits per heavy atom. The molecule has 1 aromatic carbocycles. The van der Waals surface area contributed by atoms with Crippen molar-refractivity contribution < 1.29 is 14.3 Å². The summed E-state index contributed by atoms with van der Waals surface area (Å²) >= 11 is 1.62. The number of rotatable bonds is 4. The van der Waals surface area contributed by atoms with Crippen LogP contribution in [0.3, 0.4) is 0 Å². The summed E-state index contributed by atoms with van der Waals surface area (Å²) in [4.78, 5) is 14.3. The van der Waals surface area contributed by atoms with Crippen molar-refractivity contribution in [2.75, 3.05) is 31.6 Å². The van der Waals surface area contributed by atoms with Crippen LogP contribution >= 0.6 is 11.3 Å². The highest BCUT2D eigenvalue weighted by Gasteiger charge is 2.26. The lowest BCUT2D eigenvalue weighted by Gasteiger charge is -2.32. The lowest BCUT2D eigenvalue weighted by atomic mass is 10.1. The lowest BCUT2D eigenvalue weighted by molar-refractivity contribution is -0.0132. The Kier molecular flexibility index (Phi) is 5.36. The first-order valence-corrected chi connectivity index (χ1v) is 8.57. The molecule has 6 heteroatoms. The molecule has 5 nitrogen and oxygen atoms in total. The molecule has 2 amide bonds. The number of morpholine rings is 1. The van der Waals surface area contributed by atoms with Gasteiger partial charge in [0.25, 0.3) is 0 Å². The Labute approximate surface area is 145 Å². The fraction of sp³-hybridized carbons (Fsp3) is 0.278. The minimum Gasteiger partial charge on any atom is -0.479 e. The molecule has 0 unspecified atom stereocenters. The van der Waals surface area contributed by atoms with Crippen LogP contribution in [0.4, 0.5) is 10.5 Å². The standard InChI is InChI=1S/C18H18N2O3S/c1-2-9-22-16-6-4-3-5-15(16)19-18(21)20-8-10-23-17(12-20)14-7-11-24-13-14/h1,3-7,11,13,17H,8-10,12H2,(H,19,21)/t17-/m1/s1. The highest BCUT2D eigenvalue weighted by molar-refractivity contribution is 7.07. The third-order valence-corrected chi connectivity index (χ3v) is 4.41. The third-order valence-electron chi connectivity index (χ3n) is 3.71. The summed E-state index contributed by atoms with van der Waals surface area (Å²) in [5, 5.41) is 6.96. The van der Waals surface area contributed by atoms with E-state index in [1.807, 2.05) is 23.6 Å². The normalized spacial score (nSPS) is 17.1. The number of para-hydroxylation sites is 2. The summed E-state index contributed by atoms with van der Waals surface area (Å²) in [6.45, 7) is 1.75. The van der Waals surface area contributed by atoms with Crippen molar-refractivity contribution in [3.63, 3.8) is 0 Å². The van der Waals surface area contributed by atoms with Crippen LogP contribution in [0.1, 0.15) is 11.7 Å². The van der Waals surface area contributed by atoms with Gasteiger partial charge >= 0.3 is 6.03 Å². The van der Waals surface area contributed by atoms with Gasteiger partial charge in [-0.15, -0.1) is 6.42 Å². The number of ether oxygens (including phenoxy) is 2. The van der Waals surface area contributed by atoms with Crippen molar-refractivity contribution in [3.05, 3.63) is 46.7 Å². The maximum Gasteiger partial charge on any atom is 0.322 e. The Morgan fingerprint density at radius 2 is 2.33 bits per heavy atom. The molecule has 1 N–H and O–H groups in total. The molecule has 24 heavy (non-hydrogen) atoms. The predicted molar refractivity (Wildman–Crippen MR) is 94.4 cm³/mol. The van der Waals surface area contributed by atoms with Gasteiger partial charge in [-0.05, 0) is 34.5 Å². The number of carbonyl (C=O) groups excluding carboxylic acids is 1. The number of nitrogens with zero attached hydrogens (tertiary/aromatic N) is 1.